The summed E-state index contributed by atoms with van der Waals surface area (Å²) in [5.41, 5.74) is 7.92. The SMILES string of the molecule is Cc1ccc(CCNC(=O)c2ccc3c(c2)c(C)c(C)n3Cc2ccc(Cl)cc2)cc1. The Balaban J connectivity index is 1.50. The molecule has 4 rings (SSSR count). The van der Waals surface area contributed by atoms with Crippen LogP contribution in [0, 0.1) is 20.8 Å². The molecule has 0 radical (unpaired) electrons. The van der Waals surface area contributed by atoms with E-state index in [1.54, 1.807) is 0 Å². The van der Waals surface area contributed by atoms with Gasteiger partial charge in [0.25, 0.3) is 5.91 Å². The van der Waals surface area contributed by atoms with Gasteiger partial charge >= 0.3 is 0 Å². The van der Waals surface area contributed by atoms with E-state index in [0.29, 0.717) is 12.1 Å². The van der Waals surface area contributed by atoms with Crippen LogP contribution in [-0.2, 0) is 13.0 Å². The summed E-state index contributed by atoms with van der Waals surface area (Å²) in [6.07, 6.45) is 0.823. The van der Waals surface area contributed by atoms with Gasteiger partial charge in [-0.25, -0.2) is 0 Å². The third-order valence-electron chi connectivity index (χ3n) is 5.97. The van der Waals surface area contributed by atoms with Crippen molar-refractivity contribution in [3.8, 4) is 0 Å². The Morgan fingerprint density at radius 1 is 0.903 bits per heavy atom. The van der Waals surface area contributed by atoms with Crippen LogP contribution in [0.15, 0.2) is 66.7 Å². The van der Waals surface area contributed by atoms with Gasteiger partial charge in [-0.1, -0.05) is 53.6 Å². The number of halogens is 1. The Kier molecular flexibility index (Phi) is 6.15. The fourth-order valence-corrected chi connectivity index (χ4v) is 4.07. The van der Waals surface area contributed by atoms with Crippen molar-refractivity contribution >= 4 is 28.4 Å². The molecule has 3 nitrogen and oxygen atoms in total. The van der Waals surface area contributed by atoms with Crippen molar-refractivity contribution in [2.75, 3.05) is 6.54 Å². The summed E-state index contributed by atoms with van der Waals surface area (Å²) < 4.78 is 2.30. The molecule has 4 aromatic rings. The Morgan fingerprint density at radius 2 is 1.58 bits per heavy atom. The summed E-state index contributed by atoms with van der Waals surface area (Å²) >= 11 is 6.02. The van der Waals surface area contributed by atoms with E-state index in [-0.39, 0.29) is 5.91 Å². The summed E-state index contributed by atoms with van der Waals surface area (Å²) in [5.74, 6) is -0.0310. The molecule has 0 spiro atoms. The van der Waals surface area contributed by atoms with Crippen molar-refractivity contribution in [1.29, 1.82) is 0 Å². The predicted molar refractivity (Wildman–Crippen MR) is 129 cm³/mol. The van der Waals surface area contributed by atoms with Gasteiger partial charge in [0.1, 0.15) is 0 Å². The van der Waals surface area contributed by atoms with Crippen LogP contribution in [0.3, 0.4) is 0 Å². The Morgan fingerprint density at radius 3 is 2.29 bits per heavy atom. The molecule has 0 aliphatic carbocycles. The van der Waals surface area contributed by atoms with Crippen LogP contribution >= 0.6 is 11.6 Å². The number of amides is 1. The van der Waals surface area contributed by atoms with E-state index in [1.165, 1.54) is 27.9 Å². The van der Waals surface area contributed by atoms with Crippen molar-refractivity contribution < 1.29 is 4.79 Å². The van der Waals surface area contributed by atoms with E-state index in [1.807, 2.05) is 24.3 Å². The molecule has 0 aliphatic rings. The Labute approximate surface area is 188 Å². The van der Waals surface area contributed by atoms with E-state index in [4.69, 9.17) is 11.6 Å². The maximum absolute atomic E-state index is 12.7. The van der Waals surface area contributed by atoms with Crippen LogP contribution in [0.5, 0.6) is 0 Å². The van der Waals surface area contributed by atoms with E-state index in [0.717, 1.165) is 28.9 Å². The van der Waals surface area contributed by atoms with Gasteiger partial charge in [-0.05, 0) is 74.2 Å². The fraction of sp³-hybridized carbons (Fsp3) is 0.222. The summed E-state index contributed by atoms with van der Waals surface area (Å²) in [5, 5.41) is 4.92. The lowest BCUT2D eigenvalue weighted by Gasteiger charge is -2.10. The molecule has 0 atom stereocenters. The van der Waals surface area contributed by atoms with E-state index in [2.05, 4.69) is 73.1 Å². The molecule has 0 unspecified atom stereocenters. The van der Waals surface area contributed by atoms with Gasteiger partial charge in [0.05, 0.1) is 0 Å². The number of rotatable bonds is 6. The minimum absolute atomic E-state index is 0.0310. The molecule has 3 aromatic carbocycles. The van der Waals surface area contributed by atoms with Crippen molar-refractivity contribution in [3.05, 3.63) is 105 Å². The first-order valence-corrected chi connectivity index (χ1v) is 11.0. The molecule has 1 heterocycles. The van der Waals surface area contributed by atoms with Crippen molar-refractivity contribution in [2.45, 2.75) is 33.7 Å². The second-order valence-corrected chi connectivity index (χ2v) is 8.58. The lowest BCUT2D eigenvalue weighted by atomic mass is 10.1. The molecule has 0 saturated heterocycles. The molecule has 0 bridgehead atoms. The zero-order chi connectivity index (χ0) is 22.0. The third kappa shape index (κ3) is 4.67. The second kappa shape index (κ2) is 8.99. The maximum atomic E-state index is 12.7. The molecule has 0 fully saturated rings. The molecule has 1 aromatic heterocycles. The van der Waals surface area contributed by atoms with E-state index < -0.39 is 0 Å². The summed E-state index contributed by atoms with van der Waals surface area (Å²) in [4.78, 5) is 12.7. The smallest absolute Gasteiger partial charge is 0.251 e. The molecule has 31 heavy (non-hydrogen) atoms. The van der Waals surface area contributed by atoms with Gasteiger partial charge in [0, 0.05) is 40.3 Å². The number of carbonyl (C=O) groups is 1. The number of hydrogen-bond donors (Lipinski definition) is 1. The van der Waals surface area contributed by atoms with Gasteiger partial charge in [0.2, 0.25) is 0 Å². The number of nitrogens with zero attached hydrogens (tertiary/aromatic N) is 1. The Bertz CT molecular complexity index is 1220. The van der Waals surface area contributed by atoms with Crippen LogP contribution in [0.25, 0.3) is 10.9 Å². The molecule has 0 saturated carbocycles. The van der Waals surface area contributed by atoms with Gasteiger partial charge in [-0.15, -0.1) is 0 Å². The van der Waals surface area contributed by atoms with Gasteiger partial charge in [-0.3, -0.25) is 4.79 Å². The van der Waals surface area contributed by atoms with Crippen molar-refractivity contribution in [3.63, 3.8) is 0 Å². The zero-order valence-corrected chi connectivity index (χ0v) is 19.0. The average molecular weight is 431 g/mol. The van der Waals surface area contributed by atoms with Crippen molar-refractivity contribution in [1.82, 2.24) is 9.88 Å². The number of aromatic nitrogens is 1. The maximum Gasteiger partial charge on any atom is 0.251 e. The highest BCUT2D eigenvalue weighted by Gasteiger charge is 2.14. The molecular weight excluding hydrogens is 404 g/mol. The Hall–Kier alpha value is -3.04. The summed E-state index contributed by atoms with van der Waals surface area (Å²) in [6, 6.07) is 22.4. The normalized spacial score (nSPS) is 11.1. The highest BCUT2D eigenvalue weighted by Crippen LogP contribution is 2.27. The van der Waals surface area contributed by atoms with Crippen LogP contribution in [-0.4, -0.2) is 17.0 Å². The standard InChI is InChI=1S/C27H27ClN2O/c1-18-4-6-21(7-5-18)14-15-29-27(31)23-10-13-26-25(16-23)19(2)20(3)30(26)17-22-8-11-24(28)12-9-22/h4-13,16H,14-15,17H2,1-3H3,(H,29,31). The largest absolute Gasteiger partial charge is 0.352 e. The monoisotopic (exact) mass is 430 g/mol. The van der Waals surface area contributed by atoms with Gasteiger partial charge in [-0.2, -0.15) is 0 Å². The topological polar surface area (TPSA) is 34.0 Å². The van der Waals surface area contributed by atoms with Crippen LogP contribution in [0.1, 0.15) is 38.3 Å². The third-order valence-corrected chi connectivity index (χ3v) is 6.23. The lowest BCUT2D eigenvalue weighted by Crippen LogP contribution is -2.25. The van der Waals surface area contributed by atoms with Gasteiger partial charge < -0.3 is 9.88 Å². The molecule has 1 N–H and O–H groups in total. The first-order valence-electron chi connectivity index (χ1n) is 10.6. The molecule has 1 amide bonds. The number of aryl methyl sites for hydroxylation is 2. The molecule has 158 valence electrons. The van der Waals surface area contributed by atoms with E-state index >= 15 is 0 Å². The number of benzene rings is 3. The highest BCUT2D eigenvalue weighted by molar-refractivity contribution is 6.30. The summed E-state index contributed by atoms with van der Waals surface area (Å²) in [6.45, 7) is 7.72. The molecule has 0 aliphatic heterocycles. The fourth-order valence-electron chi connectivity index (χ4n) is 3.94. The number of nitrogens with one attached hydrogen (secondary N) is 1. The zero-order valence-electron chi connectivity index (χ0n) is 18.2. The van der Waals surface area contributed by atoms with Crippen LogP contribution < -0.4 is 5.32 Å². The number of carbonyl (C=O) groups excluding carboxylic acids is 1. The number of hydrogen-bond acceptors (Lipinski definition) is 1. The van der Waals surface area contributed by atoms with Crippen LogP contribution in [0.2, 0.25) is 5.02 Å². The number of fused-ring (bicyclic) bond motifs is 1. The van der Waals surface area contributed by atoms with Crippen molar-refractivity contribution in [2.24, 2.45) is 0 Å². The summed E-state index contributed by atoms with van der Waals surface area (Å²) in [7, 11) is 0. The predicted octanol–water partition coefficient (Wildman–Crippen LogP) is 6.24. The quantitative estimate of drug-likeness (QED) is 0.386. The van der Waals surface area contributed by atoms with Crippen LogP contribution in [0.4, 0.5) is 0 Å². The molecular formula is C27H27ClN2O. The lowest BCUT2D eigenvalue weighted by molar-refractivity contribution is 0.0954. The molecule has 4 heteroatoms. The van der Waals surface area contributed by atoms with E-state index in [9.17, 15) is 4.79 Å². The highest BCUT2D eigenvalue weighted by atomic mass is 35.5. The minimum atomic E-state index is -0.0310. The average Bonchev–Trinajstić information content (AvgIpc) is 3.01. The first-order chi connectivity index (χ1) is 14.9. The van der Waals surface area contributed by atoms with Gasteiger partial charge in [0.15, 0.2) is 0 Å². The second-order valence-electron chi connectivity index (χ2n) is 8.15. The minimum Gasteiger partial charge on any atom is -0.352 e. The first kappa shape index (κ1) is 21.2.